The molecule has 0 aromatic carbocycles. The van der Waals surface area contributed by atoms with Crippen LogP contribution in [0.25, 0.3) is 0 Å². The second-order valence-electron chi connectivity index (χ2n) is 4.08. The highest BCUT2D eigenvalue weighted by Gasteiger charge is 2.10. The van der Waals surface area contributed by atoms with Crippen molar-refractivity contribution in [3.05, 3.63) is 57.2 Å². The van der Waals surface area contributed by atoms with E-state index in [1.165, 1.54) is 16.9 Å². The molecule has 18 heavy (non-hydrogen) atoms. The standard InChI is InChI=1S/C12H13N3O2S/c1-14(7-10-2-4-13-5-3-10)8-11-6-12(15(16)17)18-9-11/h2-6,9H,7-8H2,1H3. The summed E-state index contributed by atoms with van der Waals surface area (Å²) in [5.74, 6) is 0. The summed E-state index contributed by atoms with van der Waals surface area (Å²) < 4.78 is 0. The molecule has 0 fully saturated rings. The van der Waals surface area contributed by atoms with Crippen molar-refractivity contribution in [3.8, 4) is 0 Å². The van der Waals surface area contributed by atoms with Crippen LogP contribution in [-0.4, -0.2) is 21.9 Å². The van der Waals surface area contributed by atoms with Crippen LogP contribution >= 0.6 is 11.3 Å². The summed E-state index contributed by atoms with van der Waals surface area (Å²) in [5.41, 5.74) is 2.15. The Bertz CT molecular complexity index is 527. The van der Waals surface area contributed by atoms with Gasteiger partial charge in [0.25, 0.3) is 0 Å². The summed E-state index contributed by atoms with van der Waals surface area (Å²) in [4.78, 5) is 16.3. The normalized spacial score (nSPS) is 10.8. The number of aromatic nitrogens is 1. The number of hydrogen-bond donors (Lipinski definition) is 0. The Morgan fingerprint density at radius 2 is 2.00 bits per heavy atom. The lowest BCUT2D eigenvalue weighted by atomic mass is 10.2. The number of nitrogens with zero attached hydrogens (tertiary/aromatic N) is 3. The quantitative estimate of drug-likeness (QED) is 0.614. The lowest BCUT2D eigenvalue weighted by Gasteiger charge is -2.15. The van der Waals surface area contributed by atoms with Gasteiger partial charge in [0.15, 0.2) is 0 Å². The number of hydrogen-bond acceptors (Lipinski definition) is 5. The first-order valence-corrected chi connectivity index (χ1v) is 6.32. The Balaban J connectivity index is 1.94. The lowest BCUT2D eigenvalue weighted by molar-refractivity contribution is -0.380. The Labute approximate surface area is 109 Å². The van der Waals surface area contributed by atoms with Gasteiger partial charge in [-0.1, -0.05) is 11.3 Å². The zero-order valence-electron chi connectivity index (χ0n) is 9.94. The van der Waals surface area contributed by atoms with Crippen molar-refractivity contribution in [1.82, 2.24) is 9.88 Å². The number of pyridine rings is 1. The minimum atomic E-state index is -0.350. The molecule has 2 aromatic rings. The number of thiophene rings is 1. The van der Waals surface area contributed by atoms with Crippen LogP contribution in [0.2, 0.25) is 0 Å². The molecule has 2 heterocycles. The minimum absolute atomic E-state index is 0.197. The van der Waals surface area contributed by atoms with Gasteiger partial charge in [-0.3, -0.25) is 20.0 Å². The zero-order chi connectivity index (χ0) is 13.0. The molecule has 0 saturated carbocycles. The predicted molar refractivity (Wildman–Crippen MR) is 70.4 cm³/mol. The summed E-state index contributed by atoms with van der Waals surface area (Å²) in [6.45, 7) is 1.50. The van der Waals surface area contributed by atoms with Crippen LogP contribution in [0.5, 0.6) is 0 Å². The van der Waals surface area contributed by atoms with Crippen LogP contribution in [-0.2, 0) is 13.1 Å². The molecular weight excluding hydrogens is 250 g/mol. The third-order valence-electron chi connectivity index (χ3n) is 2.47. The van der Waals surface area contributed by atoms with Crippen molar-refractivity contribution in [2.45, 2.75) is 13.1 Å². The van der Waals surface area contributed by atoms with E-state index in [0.717, 1.165) is 12.1 Å². The summed E-state index contributed by atoms with van der Waals surface area (Å²) in [6, 6.07) is 5.56. The summed E-state index contributed by atoms with van der Waals surface area (Å²) in [7, 11) is 1.99. The van der Waals surface area contributed by atoms with Crippen LogP contribution in [0.1, 0.15) is 11.1 Å². The lowest BCUT2D eigenvalue weighted by Crippen LogP contribution is -2.16. The third-order valence-corrected chi connectivity index (χ3v) is 3.40. The van der Waals surface area contributed by atoms with E-state index in [0.29, 0.717) is 6.54 Å². The Morgan fingerprint density at radius 1 is 1.33 bits per heavy atom. The highest BCUT2D eigenvalue weighted by Crippen LogP contribution is 2.23. The molecule has 94 valence electrons. The van der Waals surface area contributed by atoms with Gasteiger partial charge in [-0.2, -0.15) is 0 Å². The molecular formula is C12H13N3O2S. The molecule has 2 aromatic heterocycles. The first-order chi connectivity index (χ1) is 8.65. The predicted octanol–water partition coefficient (Wildman–Crippen LogP) is 2.68. The monoisotopic (exact) mass is 263 g/mol. The maximum Gasteiger partial charge on any atom is 0.324 e. The molecule has 0 N–H and O–H groups in total. The molecule has 2 rings (SSSR count). The van der Waals surface area contributed by atoms with Crippen LogP contribution in [0.3, 0.4) is 0 Å². The smallest absolute Gasteiger partial charge is 0.298 e. The second kappa shape index (κ2) is 5.70. The molecule has 0 atom stereocenters. The van der Waals surface area contributed by atoms with E-state index in [9.17, 15) is 10.1 Å². The molecule has 6 heteroatoms. The SMILES string of the molecule is CN(Cc1ccncc1)Cc1csc([N+](=O)[O-])c1. The van der Waals surface area contributed by atoms with Gasteiger partial charge in [-0.05, 0) is 30.3 Å². The molecule has 0 saturated heterocycles. The van der Waals surface area contributed by atoms with Crippen LogP contribution in [0.4, 0.5) is 5.00 Å². The van der Waals surface area contributed by atoms with Crippen molar-refractivity contribution < 1.29 is 4.92 Å². The summed E-state index contributed by atoms with van der Waals surface area (Å²) in [6.07, 6.45) is 3.53. The second-order valence-corrected chi connectivity index (χ2v) is 4.97. The Kier molecular flexibility index (Phi) is 4.01. The van der Waals surface area contributed by atoms with Crippen molar-refractivity contribution >= 4 is 16.3 Å². The average molecular weight is 263 g/mol. The molecule has 0 radical (unpaired) electrons. The van der Waals surface area contributed by atoms with Gasteiger partial charge < -0.3 is 0 Å². The minimum Gasteiger partial charge on any atom is -0.298 e. The molecule has 0 aliphatic rings. The van der Waals surface area contributed by atoms with Gasteiger partial charge in [0.2, 0.25) is 0 Å². The van der Waals surface area contributed by atoms with E-state index in [1.807, 2.05) is 24.6 Å². The van der Waals surface area contributed by atoms with Crippen LogP contribution in [0.15, 0.2) is 36.0 Å². The largest absolute Gasteiger partial charge is 0.324 e. The van der Waals surface area contributed by atoms with E-state index in [-0.39, 0.29) is 9.92 Å². The fourth-order valence-electron chi connectivity index (χ4n) is 1.71. The van der Waals surface area contributed by atoms with E-state index in [2.05, 4.69) is 9.88 Å². The highest BCUT2D eigenvalue weighted by atomic mass is 32.1. The van der Waals surface area contributed by atoms with E-state index >= 15 is 0 Å². The first-order valence-electron chi connectivity index (χ1n) is 5.44. The summed E-state index contributed by atoms with van der Waals surface area (Å²) >= 11 is 1.17. The van der Waals surface area contributed by atoms with Crippen LogP contribution in [0, 0.1) is 10.1 Å². The highest BCUT2D eigenvalue weighted by molar-refractivity contribution is 7.13. The molecule has 5 nitrogen and oxygen atoms in total. The maximum atomic E-state index is 10.6. The summed E-state index contributed by atoms with van der Waals surface area (Å²) in [5, 5.41) is 12.6. The van der Waals surface area contributed by atoms with Gasteiger partial charge >= 0.3 is 5.00 Å². The first kappa shape index (κ1) is 12.7. The fourth-order valence-corrected chi connectivity index (χ4v) is 2.43. The molecule has 0 spiro atoms. The Hall–Kier alpha value is -1.79. The third kappa shape index (κ3) is 3.35. The number of rotatable bonds is 5. The average Bonchev–Trinajstić information content (AvgIpc) is 2.78. The maximum absolute atomic E-state index is 10.6. The fraction of sp³-hybridized carbons (Fsp3) is 0.250. The van der Waals surface area contributed by atoms with E-state index < -0.39 is 0 Å². The van der Waals surface area contributed by atoms with Crippen LogP contribution < -0.4 is 0 Å². The molecule has 0 aliphatic heterocycles. The van der Waals surface area contributed by atoms with Gasteiger partial charge in [0, 0.05) is 36.9 Å². The van der Waals surface area contributed by atoms with Gasteiger partial charge in [-0.15, -0.1) is 0 Å². The van der Waals surface area contributed by atoms with E-state index in [1.54, 1.807) is 18.5 Å². The van der Waals surface area contributed by atoms with Crippen molar-refractivity contribution in [2.75, 3.05) is 7.05 Å². The van der Waals surface area contributed by atoms with Gasteiger partial charge in [0.05, 0.1) is 4.92 Å². The molecule has 0 aliphatic carbocycles. The zero-order valence-corrected chi connectivity index (χ0v) is 10.8. The molecule has 0 amide bonds. The van der Waals surface area contributed by atoms with Gasteiger partial charge in [-0.25, -0.2) is 0 Å². The van der Waals surface area contributed by atoms with Crippen molar-refractivity contribution in [3.63, 3.8) is 0 Å². The van der Waals surface area contributed by atoms with Crippen molar-refractivity contribution in [1.29, 1.82) is 0 Å². The molecule has 0 bridgehead atoms. The van der Waals surface area contributed by atoms with Crippen molar-refractivity contribution in [2.24, 2.45) is 0 Å². The molecule has 0 unspecified atom stereocenters. The Morgan fingerprint density at radius 3 is 2.61 bits per heavy atom. The van der Waals surface area contributed by atoms with E-state index in [4.69, 9.17) is 0 Å². The van der Waals surface area contributed by atoms with Gasteiger partial charge in [0.1, 0.15) is 0 Å². The topological polar surface area (TPSA) is 59.3 Å². The number of nitro groups is 1.